The van der Waals surface area contributed by atoms with Crippen LogP contribution in [0, 0.1) is 0 Å². The van der Waals surface area contributed by atoms with Gasteiger partial charge in [0, 0.05) is 23.8 Å². The zero-order chi connectivity index (χ0) is 13.3. The average Bonchev–Trinajstić information content (AvgIpc) is 2.27. The van der Waals surface area contributed by atoms with Crippen LogP contribution in [0.5, 0.6) is 0 Å². The van der Waals surface area contributed by atoms with Crippen molar-refractivity contribution in [3.63, 3.8) is 0 Å². The van der Waals surface area contributed by atoms with E-state index in [0.29, 0.717) is 36.0 Å². The highest BCUT2D eigenvalue weighted by Crippen LogP contribution is 2.28. The van der Waals surface area contributed by atoms with Crippen molar-refractivity contribution in [2.24, 2.45) is 0 Å². The molecule has 1 aromatic rings. The molecular weight excluding hydrogens is 275 g/mol. The van der Waals surface area contributed by atoms with Gasteiger partial charge in [-0.2, -0.15) is 0 Å². The molecule has 0 aromatic heterocycles. The van der Waals surface area contributed by atoms with Gasteiger partial charge in [0.05, 0.1) is 23.3 Å². The minimum Gasteiger partial charge on any atom is -0.398 e. The predicted molar refractivity (Wildman–Crippen MR) is 72.2 cm³/mol. The van der Waals surface area contributed by atoms with Crippen molar-refractivity contribution in [2.75, 3.05) is 25.4 Å². The zero-order valence-electron chi connectivity index (χ0n) is 9.95. The summed E-state index contributed by atoms with van der Waals surface area (Å²) >= 11 is 11.9. The molecule has 1 aliphatic rings. The number of morpholine rings is 1. The number of nitrogens with two attached hydrogens (primary N) is 1. The Morgan fingerprint density at radius 1 is 1.50 bits per heavy atom. The molecule has 0 radical (unpaired) electrons. The first-order valence-corrected chi connectivity index (χ1v) is 6.40. The van der Waals surface area contributed by atoms with E-state index in [9.17, 15) is 4.79 Å². The summed E-state index contributed by atoms with van der Waals surface area (Å²) in [5.41, 5.74) is 6.43. The largest absolute Gasteiger partial charge is 0.398 e. The lowest BCUT2D eigenvalue weighted by atomic mass is 10.1. The van der Waals surface area contributed by atoms with Crippen LogP contribution in [0.2, 0.25) is 10.0 Å². The van der Waals surface area contributed by atoms with Crippen molar-refractivity contribution in [1.82, 2.24) is 4.90 Å². The maximum Gasteiger partial charge on any atom is 0.257 e. The number of carbonyl (C=O) groups is 1. The van der Waals surface area contributed by atoms with Crippen LogP contribution in [0.1, 0.15) is 17.3 Å². The van der Waals surface area contributed by atoms with Crippen LogP contribution in [-0.2, 0) is 4.74 Å². The Morgan fingerprint density at radius 2 is 2.22 bits per heavy atom. The van der Waals surface area contributed by atoms with Gasteiger partial charge in [-0.25, -0.2) is 0 Å². The van der Waals surface area contributed by atoms with Crippen molar-refractivity contribution >= 4 is 34.8 Å². The Hall–Kier alpha value is -0.970. The molecule has 18 heavy (non-hydrogen) atoms. The Balaban J connectivity index is 2.28. The molecule has 2 N–H and O–H groups in total. The van der Waals surface area contributed by atoms with E-state index < -0.39 is 0 Å². The summed E-state index contributed by atoms with van der Waals surface area (Å²) in [4.78, 5) is 14.1. The van der Waals surface area contributed by atoms with Gasteiger partial charge < -0.3 is 15.4 Å². The number of anilines is 1. The van der Waals surface area contributed by atoms with Crippen LogP contribution in [0.3, 0.4) is 0 Å². The fourth-order valence-electron chi connectivity index (χ4n) is 1.98. The maximum absolute atomic E-state index is 12.4. The van der Waals surface area contributed by atoms with E-state index in [4.69, 9.17) is 33.7 Å². The van der Waals surface area contributed by atoms with Gasteiger partial charge in [0.15, 0.2) is 0 Å². The fraction of sp³-hybridized carbons (Fsp3) is 0.417. The number of nitrogen functional groups attached to an aromatic ring is 1. The summed E-state index contributed by atoms with van der Waals surface area (Å²) in [5, 5.41) is 0.702. The molecule has 1 aliphatic heterocycles. The van der Waals surface area contributed by atoms with Gasteiger partial charge in [-0.05, 0) is 19.1 Å². The van der Waals surface area contributed by atoms with Crippen LogP contribution in [-0.4, -0.2) is 36.6 Å². The molecule has 0 saturated carbocycles. The number of ether oxygens (including phenoxy) is 1. The Labute approximate surface area is 116 Å². The van der Waals surface area contributed by atoms with E-state index in [1.807, 2.05) is 6.92 Å². The third-order valence-corrected chi connectivity index (χ3v) is 3.34. The van der Waals surface area contributed by atoms with Gasteiger partial charge in [-0.15, -0.1) is 0 Å². The van der Waals surface area contributed by atoms with E-state index in [1.54, 1.807) is 4.90 Å². The van der Waals surface area contributed by atoms with Crippen molar-refractivity contribution in [1.29, 1.82) is 0 Å². The first-order valence-electron chi connectivity index (χ1n) is 5.64. The maximum atomic E-state index is 12.4. The smallest absolute Gasteiger partial charge is 0.257 e. The number of hydrogen-bond acceptors (Lipinski definition) is 3. The number of carbonyl (C=O) groups excluding carboxylic acids is 1. The van der Waals surface area contributed by atoms with Gasteiger partial charge in [0.25, 0.3) is 5.91 Å². The van der Waals surface area contributed by atoms with Gasteiger partial charge in [0.2, 0.25) is 0 Å². The van der Waals surface area contributed by atoms with E-state index in [1.165, 1.54) is 12.1 Å². The van der Waals surface area contributed by atoms with Crippen LogP contribution in [0.4, 0.5) is 5.69 Å². The molecule has 0 aliphatic carbocycles. The summed E-state index contributed by atoms with van der Waals surface area (Å²) in [6.45, 7) is 3.53. The minimum atomic E-state index is -0.177. The molecule has 0 bridgehead atoms. The quantitative estimate of drug-likeness (QED) is 0.808. The molecule has 6 heteroatoms. The molecule has 1 heterocycles. The van der Waals surface area contributed by atoms with Crippen molar-refractivity contribution in [3.8, 4) is 0 Å². The number of benzene rings is 1. The number of hydrogen-bond donors (Lipinski definition) is 1. The lowest BCUT2D eigenvalue weighted by molar-refractivity contribution is -0.0123. The molecule has 0 spiro atoms. The van der Waals surface area contributed by atoms with E-state index in [-0.39, 0.29) is 17.0 Å². The first kappa shape index (κ1) is 13.5. The molecule has 1 unspecified atom stereocenters. The lowest BCUT2D eigenvalue weighted by Crippen LogP contribution is -2.44. The molecule has 1 amide bonds. The minimum absolute atomic E-state index is 0.0231. The van der Waals surface area contributed by atoms with Crippen LogP contribution >= 0.6 is 23.2 Å². The summed E-state index contributed by atoms with van der Waals surface area (Å²) in [6.07, 6.45) is 0.0231. The van der Waals surface area contributed by atoms with Crippen molar-refractivity contribution < 1.29 is 9.53 Å². The van der Waals surface area contributed by atoms with Gasteiger partial charge in [-0.1, -0.05) is 23.2 Å². The topological polar surface area (TPSA) is 55.6 Å². The van der Waals surface area contributed by atoms with Gasteiger partial charge >= 0.3 is 0 Å². The molecule has 2 rings (SSSR count). The molecular formula is C12H14Cl2N2O2. The van der Waals surface area contributed by atoms with Gasteiger partial charge in [-0.3, -0.25) is 4.79 Å². The first-order chi connectivity index (χ1) is 8.49. The normalized spacial score (nSPS) is 19.9. The summed E-state index contributed by atoms with van der Waals surface area (Å²) < 4.78 is 5.39. The van der Waals surface area contributed by atoms with Crippen LogP contribution in [0.15, 0.2) is 12.1 Å². The Bertz CT molecular complexity index is 456. The fourth-order valence-corrected chi connectivity index (χ4v) is 2.57. The Kier molecular flexibility index (Phi) is 4.00. The SMILES string of the molecule is CC1CN(C(=O)c2c(N)cc(Cl)cc2Cl)CCO1. The number of halogens is 2. The third-order valence-electron chi connectivity index (χ3n) is 2.83. The molecule has 1 atom stereocenters. The van der Waals surface area contributed by atoms with E-state index >= 15 is 0 Å². The highest BCUT2D eigenvalue weighted by Gasteiger charge is 2.25. The monoisotopic (exact) mass is 288 g/mol. The van der Waals surface area contributed by atoms with Crippen LogP contribution in [0.25, 0.3) is 0 Å². The highest BCUT2D eigenvalue weighted by molar-refractivity contribution is 6.37. The summed E-state index contributed by atoms with van der Waals surface area (Å²) in [5.74, 6) is -0.177. The van der Waals surface area contributed by atoms with E-state index in [0.717, 1.165) is 0 Å². The number of amides is 1. The predicted octanol–water partition coefficient (Wildman–Crippen LogP) is 2.44. The Morgan fingerprint density at radius 3 is 2.83 bits per heavy atom. The molecule has 1 fully saturated rings. The molecule has 1 aromatic carbocycles. The van der Waals surface area contributed by atoms with Crippen LogP contribution < -0.4 is 5.73 Å². The average molecular weight is 289 g/mol. The summed E-state index contributed by atoms with van der Waals surface area (Å²) in [6, 6.07) is 3.06. The standard InChI is InChI=1S/C12H14Cl2N2O2/c1-7-6-16(2-3-18-7)12(17)11-9(14)4-8(13)5-10(11)15/h4-5,7H,2-3,6,15H2,1H3. The zero-order valence-corrected chi connectivity index (χ0v) is 11.5. The van der Waals surface area contributed by atoms with E-state index in [2.05, 4.69) is 0 Å². The highest BCUT2D eigenvalue weighted by atomic mass is 35.5. The van der Waals surface area contributed by atoms with Crippen molar-refractivity contribution in [3.05, 3.63) is 27.7 Å². The number of nitrogens with zero attached hydrogens (tertiary/aromatic N) is 1. The van der Waals surface area contributed by atoms with Gasteiger partial charge in [0.1, 0.15) is 0 Å². The third kappa shape index (κ3) is 2.71. The van der Waals surface area contributed by atoms with Crippen molar-refractivity contribution in [2.45, 2.75) is 13.0 Å². The second kappa shape index (κ2) is 5.34. The number of rotatable bonds is 1. The second-order valence-corrected chi connectivity index (χ2v) is 5.13. The second-order valence-electron chi connectivity index (χ2n) is 4.28. The molecule has 4 nitrogen and oxygen atoms in total. The summed E-state index contributed by atoms with van der Waals surface area (Å²) in [7, 11) is 0. The molecule has 98 valence electrons. The lowest BCUT2D eigenvalue weighted by Gasteiger charge is -2.31. The molecule has 1 saturated heterocycles.